The summed E-state index contributed by atoms with van der Waals surface area (Å²) in [6, 6.07) is 7.96. The zero-order valence-electron chi connectivity index (χ0n) is 17.6. The van der Waals surface area contributed by atoms with Crippen LogP contribution in [0.5, 0.6) is 0 Å². The maximum Gasteiger partial charge on any atom is 0.233 e. The van der Waals surface area contributed by atoms with Gasteiger partial charge in [-0.15, -0.1) is 10.2 Å². The number of carbonyl (C=O) groups excluding carboxylic acids is 1. The summed E-state index contributed by atoms with van der Waals surface area (Å²) in [5, 5.41) is 10.3. The van der Waals surface area contributed by atoms with E-state index in [0.29, 0.717) is 29.1 Å². The van der Waals surface area contributed by atoms with Gasteiger partial charge < -0.3 is 14.5 Å². The fourth-order valence-corrected chi connectivity index (χ4v) is 5.98. The first-order valence-corrected chi connectivity index (χ1v) is 12.6. The van der Waals surface area contributed by atoms with Crippen LogP contribution in [0.25, 0.3) is 5.69 Å². The average Bonchev–Trinajstić information content (AvgIpc) is 3.47. The van der Waals surface area contributed by atoms with Crippen molar-refractivity contribution in [1.82, 2.24) is 19.7 Å². The number of halogens is 1. The van der Waals surface area contributed by atoms with Crippen molar-refractivity contribution in [3.05, 3.63) is 29.3 Å². The number of thioether (sulfide) groups is 1. The molecule has 7 nitrogen and oxygen atoms in total. The number of fused-ring (bicyclic) bond motifs is 1. The highest BCUT2D eigenvalue weighted by Crippen LogP contribution is 2.33. The molecular formula is C22H28ClN5O2S. The van der Waals surface area contributed by atoms with Crippen LogP contribution in [0.2, 0.25) is 5.02 Å². The Morgan fingerprint density at radius 2 is 1.90 bits per heavy atom. The van der Waals surface area contributed by atoms with Crippen LogP contribution in [0.3, 0.4) is 0 Å². The van der Waals surface area contributed by atoms with Gasteiger partial charge in [-0.1, -0.05) is 48.3 Å². The van der Waals surface area contributed by atoms with Crippen molar-refractivity contribution in [3.63, 3.8) is 0 Å². The van der Waals surface area contributed by atoms with Crippen molar-refractivity contribution in [2.24, 2.45) is 0 Å². The summed E-state index contributed by atoms with van der Waals surface area (Å²) in [5.41, 5.74) is 0.852. The number of benzene rings is 1. The van der Waals surface area contributed by atoms with Crippen LogP contribution in [0.1, 0.15) is 38.5 Å². The van der Waals surface area contributed by atoms with Crippen molar-refractivity contribution in [3.8, 4) is 5.69 Å². The minimum Gasteiger partial charge on any atom is -0.374 e. The molecule has 2 saturated heterocycles. The van der Waals surface area contributed by atoms with Crippen molar-refractivity contribution in [2.45, 2.75) is 55.8 Å². The molecule has 3 heterocycles. The lowest BCUT2D eigenvalue weighted by Gasteiger charge is -2.43. The zero-order chi connectivity index (χ0) is 21.2. The monoisotopic (exact) mass is 461 g/mol. The highest BCUT2D eigenvalue weighted by molar-refractivity contribution is 7.99. The summed E-state index contributed by atoms with van der Waals surface area (Å²) in [6.45, 7) is 3.23. The topological polar surface area (TPSA) is 63.5 Å². The molecule has 2 unspecified atom stereocenters. The maximum atomic E-state index is 13.2. The molecular weight excluding hydrogens is 434 g/mol. The summed E-state index contributed by atoms with van der Waals surface area (Å²) < 4.78 is 7.94. The minimum atomic E-state index is 0.154. The van der Waals surface area contributed by atoms with Gasteiger partial charge in [-0.05, 0) is 37.8 Å². The molecule has 1 aromatic carbocycles. The molecule has 9 heteroatoms. The van der Waals surface area contributed by atoms with E-state index in [9.17, 15) is 4.79 Å². The van der Waals surface area contributed by atoms with Crippen LogP contribution in [-0.2, 0) is 9.53 Å². The number of anilines is 1. The van der Waals surface area contributed by atoms with Crippen LogP contribution in [0.15, 0.2) is 29.4 Å². The average molecular weight is 462 g/mol. The molecule has 31 heavy (non-hydrogen) atoms. The third kappa shape index (κ3) is 4.30. The Labute approximate surface area is 192 Å². The molecule has 2 atom stereocenters. The Balaban J connectivity index is 1.37. The van der Waals surface area contributed by atoms with E-state index in [1.807, 2.05) is 33.7 Å². The van der Waals surface area contributed by atoms with Crippen LogP contribution < -0.4 is 4.90 Å². The van der Waals surface area contributed by atoms with Gasteiger partial charge in [-0.3, -0.25) is 9.36 Å². The van der Waals surface area contributed by atoms with Gasteiger partial charge >= 0.3 is 0 Å². The molecule has 1 aliphatic carbocycles. The van der Waals surface area contributed by atoms with E-state index in [4.69, 9.17) is 16.3 Å². The molecule has 2 aliphatic heterocycles. The minimum absolute atomic E-state index is 0.154. The number of morpholine rings is 1. The molecule has 3 fully saturated rings. The second-order valence-electron chi connectivity index (χ2n) is 8.40. The van der Waals surface area contributed by atoms with Gasteiger partial charge in [-0.25, -0.2) is 0 Å². The van der Waals surface area contributed by atoms with E-state index < -0.39 is 0 Å². The van der Waals surface area contributed by atoms with E-state index in [-0.39, 0.29) is 18.1 Å². The van der Waals surface area contributed by atoms with Crippen LogP contribution in [-0.4, -0.2) is 69.7 Å². The summed E-state index contributed by atoms with van der Waals surface area (Å²) >= 11 is 7.98. The van der Waals surface area contributed by atoms with Crippen LogP contribution >= 0.6 is 23.4 Å². The Morgan fingerprint density at radius 3 is 2.74 bits per heavy atom. The van der Waals surface area contributed by atoms with Gasteiger partial charge in [0.2, 0.25) is 11.9 Å². The number of amides is 1. The Morgan fingerprint density at radius 1 is 1.10 bits per heavy atom. The maximum absolute atomic E-state index is 13.2. The van der Waals surface area contributed by atoms with Crippen molar-refractivity contribution < 1.29 is 9.53 Å². The Hall–Kier alpha value is -1.77. The van der Waals surface area contributed by atoms with Gasteiger partial charge in [0, 0.05) is 19.6 Å². The lowest BCUT2D eigenvalue weighted by Crippen LogP contribution is -2.55. The fraction of sp³-hybridized carbons (Fsp3) is 0.591. The fourth-order valence-electron chi connectivity index (χ4n) is 4.94. The molecule has 5 rings (SSSR count). The van der Waals surface area contributed by atoms with E-state index in [2.05, 4.69) is 15.1 Å². The highest BCUT2D eigenvalue weighted by atomic mass is 35.5. The second kappa shape index (κ2) is 9.38. The van der Waals surface area contributed by atoms with Gasteiger partial charge in [0.05, 0.1) is 35.2 Å². The summed E-state index contributed by atoms with van der Waals surface area (Å²) in [5.74, 6) is 1.30. The summed E-state index contributed by atoms with van der Waals surface area (Å²) in [6.07, 6.45) is 6.95. The molecule has 0 N–H and O–H groups in total. The third-order valence-electron chi connectivity index (χ3n) is 6.48. The third-order valence-corrected chi connectivity index (χ3v) is 7.71. The molecule has 166 valence electrons. The number of hydrogen-bond donors (Lipinski definition) is 0. The normalized spacial score (nSPS) is 23.8. The van der Waals surface area contributed by atoms with Crippen LogP contribution in [0, 0.1) is 0 Å². The van der Waals surface area contributed by atoms with Crippen LogP contribution in [0.4, 0.5) is 5.95 Å². The quantitative estimate of drug-likeness (QED) is 0.631. The summed E-state index contributed by atoms with van der Waals surface area (Å²) in [4.78, 5) is 17.4. The van der Waals surface area contributed by atoms with E-state index in [1.54, 1.807) is 0 Å². The van der Waals surface area contributed by atoms with Crippen molar-refractivity contribution in [2.75, 3.05) is 36.9 Å². The van der Waals surface area contributed by atoms with Gasteiger partial charge in [0.1, 0.15) is 0 Å². The number of hydrogen-bond acceptors (Lipinski definition) is 6. The second-order valence-corrected chi connectivity index (χ2v) is 9.75. The number of aromatic nitrogens is 3. The number of nitrogens with zero attached hydrogens (tertiary/aromatic N) is 5. The van der Waals surface area contributed by atoms with Gasteiger partial charge in [0.15, 0.2) is 5.16 Å². The predicted octanol–water partition coefficient (Wildman–Crippen LogP) is 3.78. The number of para-hydroxylation sites is 1. The van der Waals surface area contributed by atoms with E-state index >= 15 is 0 Å². The number of rotatable bonds is 5. The Kier molecular flexibility index (Phi) is 6.39. The molecule has 3 aliphatic rings. The molecule has 1 amide bonds. The lowest BCUT2D eigenvalue weighted by atomic mass is 9.90. The summed E-state index contributed by atoms with van der Waals surface area (Å²) in [7, 11) is 0. The largest absolute Gasteiger partial charge is 0.374 e. The van der Waals surface area contributed by atoms with E-state index in [1.165, 1.54) is 24.6 Å². The van der Waals surface area contributed by atoms with E-state index in [0.717, 1.165) is 50.4 Å². The lowest BCUT2D eigenvalue weighted by molar-refractivity contribution is -0.146. The molecule has 0 radical (unpaired) electrons. The highest BCUT2D eigenvalue weighted by Gasteiger charge is 2.36. The first-order valence-electron chi connectivity index (χ1n) is 11.2. The van der Waals surface area contributed by atoms with Gasteiger partial charge in [-0.2, -0.15) is 0 Å². The van der Waals surface area contributed by atoms with Gasteiger partial charge in [0.25, 0.3) is 0 Å². The van der Waals surface area contributed by atoms with Crippen molar-refractivity contribution >= 4 is 35.2 Å². The number of ether oxygens (including phenoxy) is 1. The molecule has 1 aromatic heterocycles. The first kappa shape index (κ1) is 21.1. The van der Waals surface area contributed by atoms with Crippen molar-refractivity contribution in [1.29, 1.82) is 0 Å². The molecule has 0 spiro atoms. The smallest absolute Gasteiger partial charge is 0.233 e. The molecule has 2 aromatic rings. The standard InChI is InChI=1S/C22H28ClN5O2S/c23-16-7-1-2-8-17(16)28-21(26-11-5-6-12-26)24-25-22(28)31-15-20(29)27-13-14-30-19-10-4-3-9-18(19)27/h1-2,7-8,18-19H,3-6,9-15H2. The molecule has 1 saturated carbocycles. The number of carbonyl (C=O) groups is 1. The Bertz CT molecular complexity index is 930. The first-order chi connectivity index (χ1) is 15.2. The molecule has 0 bridgehead atoms. The zero-order valence-corrected chi connectivity index (χ0v) is 19.2. The SMILES string of the molecule is O=C(CSc1nnc(N2CCCC2)n1-c1ccccc1Cl)N1CCOC2CCCCC21. The predicted molar refractivity (Wildman–Crippen MR) is 122 cm³/mol.